The number of para-hydroxylation sites is 1. The third-order valence-electron chi connectivity index (χ3n) is 5.56. The van der Waals surface area contributed by atoms with Gasteiger partial charge in [-0.1, -0.05) is 6.07 Å². The molecule has 0 fully saturated rings. The number of anilines is 4. The summed E-state index contributed by atoms with van der Waals surface area (Å²) in [5, 5.41) is 18.2. The first-order chi connectivity index (χ1) is 16.5. The first-order valence-corrected chi connectivity index (χ1v) is 10.5. The maximum absolute atomic E-state index is 13.2. The second kappa shape index (κ2) is 8.43. The molecule has 2 N–H and O–H groups in total. The van der Waals surface area contributed by atoms with Crippen molar-refractivity contribution in [1.29, 1.82) is 0 Å². The number of nitrogens with one attached hydrogen (secondary N) is 2. The van der Waals surface area contributed by atoms with Crippen LogP contribution >= 0.6 is 0 Å². The van der Waals surface area contributed by atoms with E-state index in [2.05, 4.69) is 30.9 Å². The minimum atomic E-state index is -0.447. The average Bonchev–Trinajstić information content (AvgIpc) is 3.25. The monoisotopic (exact) mass is 460 g/mol. The molecule has 172 valence electrons. The molecule has 5 rings (SSSR count). The van der Waals surface area contributed by atoms with Gasteiger partial charge in [0.1, 0.15) is 18.2 Å². The Balaban J connectivity index is 1.58. The molecule has 0 saturated carbocycles. The van der Waals surface area contributed by atoms with Crippen LogP contribution in [-0.2, 0) is 13.7 Å². The molecule has 1 aliphatic rings. The van der Waals surface area contributed by atoms with Gasteiger partial charge in [0.15, 0.2) is 17.3 Å². The molecule has 0 atom stereocenters. The zero-order valence-electron chi connectivity index (χ0n) is 18.7. The molecule has 4 heterocycles. The van der Waals surface area contributed by atoms with Gasteiger partial charge in [0.25, 0.3) is 5.91 Å². The fraction of sp³-hybridized carbons (Fsp3) is 0.174. The molecular weight excluding hydrogens is 439 g/mol. The predicted molar refractivity (Wildman–Crippen MR) is 124 cm³/mol. The smallest absolute Gasteiger partial charge is 0.273 e. The third kappa shape index (κ3) is 3.66. The highest BCUT2D eigenvalue weighted by Gasteiger charge is 2.27. The number of fused-ring (bicyclic) bond motifs is 3. The van der Waals surface area contributed by atoms with Crippen LogP contribution < -0.4 is 20.3 Å². The van der Waals surface area contributed by atoms with Crippen LogP contribution in [0.1, 0.15) is 16.1 Å². The van der Waals surface area contributed by atoms with Gasteiger partial charge >= 0.3 is 0 Å². The summed E-state index contributed by atoms with van der Waals surface area (Å²) in [5.41, 5.74) is 4.27. The number of benzene rings is 1. The fourth-order valence-electron chi connectivity index (χ4n) is 3.90. The number of carbonyl (C=O) groups is 1. The Kier molecular flexibility index (Phi) is 5.28. The van der Waals surface area contributed by atoms with Crippen LogP contribution in [0, 0.1) is 5.82 Å². The van der Waals surface area contributed by atoms with Crippen molar-refractivity contribution in [3.8, 4) is 17.0 Å². The van der Waals surface area contributed by atoms with Gasteiger partial charge in [-0.25, -0.2) is 9.37 Å². The van der Waals surface area contributed by atoms with Crippen LogP contribution in [0.4, 0.5) is 27.4 Å². The van der Waals surface area contributed by atoms with Gasteiger partial charge in [0, 0.05) is 38.3 Å². The van der Waals surface area contributed by atoms with E-state index in [0.29, 0.717) is 29.7 Å². The van der Waals surface area contributed by atoms with Gasteiger partial charge in [0.2, 0.25) is 0 Å². The zero-order chi connectivity index (χ0) is 23.8. The van der Waals surface area contributed by atoms with E-state index in [0.717, 1.165) is 28.7 Å². The molecule has 34 heavy (non-hydrogen) atoms. The molecule has 1 aliphatic heterocycles. The Morgan fingerprint density at radius 3 is 2.76 bits per heavy atom. The molecule has 1 aromatic carbocycles. The molecule has 1 amide bonds. The van der Waals surface area contributed by atoms with Crippen LogP contribution in [0.15, 0.2) is 48.8 Å². The van der Waals surface area contributed by atoms with Crippen LogP contribution in [0.5, 0.6) is 5.75 Å². The van der Waals surface area contributed by atoms with E-state index >= 15 is 0 Å². The normalized spacial score (nSPS) is 11.8. The molecule has 0 aliphatic carbocycles. The predicted octanol–water partition coefficient (Wildman–Crippen LogP) is 3.17. The molecule has 4 aromatic rings. The van der Waals surface area contributed by atoms with Crippen molar-refractivity contribution >= 4 is 28.9 Å². The first-order valence-electron chi connectivity index (χ1n) is 10.5. The van der Waals surface area contributed by atoms with Crippen LogP contribution in [0.3, 0.4) is 0 Å². The summed E-state index contributed by atoms with van der Waals surface area (Å²) in [7, 11) is 5.24. The quantitative estimate of drug-likeness (QED) is 0.467. The SMILES string of the molecule is CNC(=O)c1nnc(Nc2ccc(F)cn2)cc1N(C)c1cccc2c1OCc1cnn(C)c1-2. The molecule has 0 saturated heterocycles. The highest BCUT2D eigenvalue weighted by atomic mass is 19.1. The lowest BCUT2D eigenvalue weighted by Crippen LogP contribution is -2.24. The molecule has 11 heteroatoms. The lowest BCUT2D eigenvalue weighted by atomic mass is 10.0. The van der Waals surface area contributed by atoms with Crippen molar-refractivity contribution < 1.29 is 13.9 Å². The van der Waals surface area contributed by atoms with Crippen LogP contribution in [0.2, 0.25) is 0 Å². The average molecular weight is 460 g/mol. The number of pyridine rings is 1. The van der Waals surface area contributed by atoms with Crippen molar-refractivity contribution in [3.05, 3.63) is 65.9 Å². The number of nitrogens with zero attached hydrogens (tertiary/aromatic N) is 6. The van der Waals surface area contributed by atoms with E-state index in [1.165, 1.54) is 19.2 Å². The Morgan fingerprint density at radius 1 is 1.15 bits per heavy atom. The largest absolute Gasteiger partial charge is 0.486 e. The molecule has 0 radical (unpaired) electrons. The van der Waals surface area contributed by atoms with Gasteiger partial charge in [0.05, 0.1) is 29.5 Å². The number of aryl methyl sites for hydroxylation is 1. The summed E-state index contributed by atoms with van der Waals surface area (Å²) in [5.74, 6) is 0.572. The van der Waals surface area contributed by atoms with Gasteiger partial charge in [-0.05, 0) is 24.3 Å². The minimum absolute atomic E-state index is 0.136. The number of ether oxygens (including phenoxy) is 1. The molecule has 0 unspecified atom stereocenters. The minimum Gasteiger partial charge on any atom is -0.486 e. The summed E-state index contributed by atoms with van der Waals surface area (Å²) < 4.78 is 21.1. The molecule has 0 spiro atoms. The topological polar surface area (TPSA) is 110 Å². The van der Waals surface area contributed by atoms with Crippen LogP contribution in [0.25, 0.3) is 11.3 Å². The lowest BCUT2D eigenvalue weighted by molar-refractivity contribution is 0.0958. The Bertz CT molecular complexity index is 1390. The first kappa shape index (κ1) is 21.3. The Labute approximate surface area is 194 Å². The zero-order valence-corrected chi connectivity index (χ0v) is 18.7. The van der Waals surface area contributed by atoms with E-state index in [1.807, 2.05) is 41.9 Å². The summed E-state index contributed by atoms with van der Waals surface area (Å²) in [6.45, 7) is 0.390. The molecule has 10 nitrogen and oxygen atoms in total. The van der Waals surface area contributed by atoms with E-state index in [4.69, 9.17) is 4.74 Å². The second-order valence-electron chi connectivity index (χ2n) is 7.67. The maximum atomic E-state index is 13.2. The number of carbonyl (C=O) groups excluding carboxylic acids is 1. The van der Waals surface area contributed by atoms with Gasteiger partial charge < -0.3 is 20.3 Å². The van der Waals surface area contributed by atoms with E-state index in [1.54, 1.807) is 12.3 Å². The van der Waals surface area contributed by atoms with Gasteiger partial charge in [-0.2, -0.15) is 5.10 Å². The van der Waals surface area contributed by atoms with E-state index in [-0.39, 0.29) is 11.6 Å². The summed E-state index contributed by atoms with van der Waals surface area (Å²) in [4.78, 5) is 18.4. The second-order valence-corrected chi connectivity index (χ2v) is 7.67. The highest BCUT2D eigenvalue weighted by molar-refractivity contribution is 5.99. The summed E-state index contributed by atoms with van der Waals surface area (Å²) >= 11 is 0. The van der Waals surface area contributed by atoms with Crippen molar-refractivity contribution in [1.82, 2.24) is 30.3 Å². The number of hydrogen-bond donors (Lipinski definition) is 2. The molecule has 3 aromatic heterocycles. The Hall–Kier alpha value is -4.54. The van der Waals surface area contributed by atoms with Crippen molar-refractivity contribution in [3.63, 3.8) is 0 Å². The number of rotatable bonds is 5. The highest BCUT2D eigenvalue weighted by Crippen LogP contribution is 2.45. The fourth-order valence-corrected chi connectivity index (χ4v) is 3.90. The van der Waals surface area contributed by atoms with Crippen LogP contribution in [-0.4, -0.2) is 45.0 Å². The number of halogens is 1. The van der Waals surface area contributed by atoms with Crippen molar-refractivity contribution in [2.24, 2.45) is 7.05 Å². The number of aromatic nitrogens is 5. The molecule has 0 bridgehead atoms. The number of hydrogen-bond acceptors (Lipinski definition) is 8. The lowest BCUT2D eigenvalue weighted by Gasteiger charge is -2.27. The summed E-state index contributed by atoms with van der Waals surface area (Å²) in [6, 6.07) is 10.3. The van der Waals surface area contributed by atoms with Crippen molar-refractivity contribution in [2.45, 2.75) is 6.61 Å². The molecular formula is C23H21FN8O2. The standard InChI is InChI=1S/C23H21FN8O2/c1-25-23(33)20-17(9-19(29-30-20)28-18-8-7-14(24)11-26-18)31(2)16-6-4-5-15-21-13(10-27-32(21)3)12-34-22(15)16/h4-11H,12H2,1-3H3,(H,25,33)(H,26,28,29). The number of amides is 1. The van der Waals surface area contributed by atoms with E-state index in [9.17, 15) is 9.18 Å². The van der Waals surface area contributed by atoms with Gasteiger partial charge in [-0.15, -0.1) is 10.2 Å². The van der Waals surface area contributed by atoms with Crippen molar-refractivity contribution in [2.75, 3.05) is 24.3 Å². The maximum Gasteiger partial charge on any atom is 0.273 e. The Morgan fingerprint density at radius 2 is 2.00 bits per heavy atom. The van der Waals surface area contributed by atoms with Gasteiger partial charge in [-0.3, -0.25) is 9.48 Å². The summed E-state index contributed by atoms with van der Waals surface area (Å²) in [6.07, 6.45) is 2.90. The third-order valence-corrected chi connectivity index (χ3v) is 5.56. The van der Waals surface area contributed by atoms with E-state index < -0.39 is 5.82 Å².